The number of hydrogen-bond donors (Lipinski definition) is 3. The molecule has 22 heavy (non-hydrogen) atoms. The largest absolute Gasteiger partial charge is 0.357 e. The normalized spacial score (nSPS) is 16.7. The van der Waals surface area contributed by atoms with Gasteiger partial charge in [-0.3, -0.25) is 9.89 Å². The lowest BCUT2D eigenvalue weighted by Crippen LogP contribution is -2.19. The fraction of sp³-hybridized carbons (Fsp3) is 0.438. The lowest BCUT2D eigenvalue weighted by molar-refractivity contribution is 0.0949. The second kappa shape index (κ2) is 5.44. The minimum Gasteiger partial charge on any atom is -0.357 e. The number of carbonyl (C=O) groups is 1. The van der Waals surface area contributed by atoms with Gasteiger partial charge < -0.3 is 4.98 Å². The third kappa shape index (κ3) is 2.34. The number of carbonyl (C=O) groups excluding carboxylic acids is 1. The highest BCUT2D eigenvalue weighted by molar-refractivity contribution is 5.94. The Morgan fingerprint density at radius 3 is 2.95 bits per heavy atom. The number of amides is 1. The maximum atomic E-state index is 12.1. The van der Waals surface area contributed by atoms with E-state index in [2.05, 4.69) is 31.8 Å². The molecule has 0 saturated carbocycles. The summed E-state index contributed by atoms with van der Waals surface area (Å²) in [6.07, 6.45) is 9.38. The van der Waals surface area contributed by atoms with E-state index < -0.39 is 0 Å². The monoisotopic (exact) mass is 297 g/mol. The minimum atomic E-state index is -0.244. The summed E-state index contributed by atoms with van der Waals surface area (Å²) in [5.74, 6) is -0.244. The van der Waals surface area contributed by atoms with Crippen LogP contribution in [-0.2, 0) is 25.7 Å². The van der Waals surface area contributed by atoms with Crippen LogP contribution in [0.1, 0.15) is 58.0 Å². The van der Waals surface area contributed by atoms with Crippen molar-refractivity contribution in [2.24, 2.45) is 5.10 Å². The second-order valence-corrected chi connectivity index (χ2v) is 6.02. The molecule has 0 aliphatic heterocycles. The molecule has 2 aromatic rings. The van der Waals surface area contributed by atoms with Gasteiger partial charge in [-0.15, -0.1) is 0 Å². The highest BCUT2D eigenvalue weighted by Crippen LogP contribution is 2.23. The fourth-order valence-corrected chi connectivity index (χ4v) is 3.42. The average Bonchev–Trinajstić information content (AvgIpc) is 3.21. The van der Waals surface area contributed by atoms with Gasteiger partial charge in [-0.2, -0.15) is 10.2 Å². The van der Waals surface area contributed by atoms with E-state index in [1.54, 1.807) is 6.21 Å². The number of H-pyrrole nitrogens is 2. The molecule has 2 aromatic heterocycles. The van der Waals surface area contributed by atoms with Gasteiger partial charge in [0.1, 0.15) is 0 Å². The van der Waals surface area contributed by atoms with E-state index in [0.29, 0.717) is 5.69 Å². The number of aryl methyl sites for hydroxylation is 3. The van der Waals surface area contributed by atoms with Crippen molar-refractivity contribution in [2.75, 3.05) is 0 Å². The van der Waals surface area contributed by atoms with Crippen molar-refractivity contribution in [3.63, 3.8) is 0 Å². The van der Waals surface area contributed by atoms with Crippen LogP contribution in [-0.4, -0.2) is 27.3 Å². The van der Waals surface area contributed by atoms with E-state index in [-0.39, 0.29) is 5.91 Å². The van der Waals surface area contributed by atoms with Gasteiger partial charge in [0, 0.05) is 17.0 Å². The summed E-state index contributed by atoms with van der Waals surface area (Å²) in [4.78, 5) is 15.5. The SMILES string of the molecule is O=C(N/N=C/c1cc2c([nH]1)CCCC2)c1n[nH]c2c1CCC2. The van der Waals surface area contributed by atoms with Crippen LogP contribution in [0.5, 0.6) is 0 Å². The van der Waals surface area contributed by atoms with Crippen LogP contribution in [0.4, 0.5) is 0 Å². The van der Waals surface area contributed by atoms with Crippen molar-refractivity contribution >= 4 is 12.1 Å². The molecule has 3 N–H and O–H groups in total. The topological polar surface area (TPSA) is 85.9 Å². The lowest BCUT2D eigenvalue weighted by Gasteiger charge is -2.08. The van der Waals surface area contributed by atoms with Gasteiger partial charge in [-0.25, -0.2) is 5.43 Å². The van der Waals surface area contributed by atoms with E-state index in [4.69, 9.17) is 0 Å². The molecule has 4 rings (SSSR count). The molecule has 0 saturated heterocycles. The maximum absolute atomic E-state index is 12.1. The number of nitrogens with zero attached hydrogens (tertiary/aromatic N) is 2. The number of nitrogens with one attached hydrogen (secondary N) is 3. The molecule has 6 nitrogen and oxygen atoms in total. The van der Waals surface area contributed by atoms with Crippen LogP contribution in [0.15, 0.2) is 11.2 Å². The molecule has 2 heterocycles. The smallest absolute Gasteiger partial charge is 0.292 e. The van der Waals surface area contributed by atoms with Crippen LogP contribution in [0.2, 0.25) is 0 Å². The first kappa shape index (κ1) is 13.3. The van der Waals surface area contributed by atoms with Crippen molar-refractivity contribution in [3.8, 4) is 0 Å². The number of aromatic amines is 2. The molecular formula is C16H19N5O. The predicted octanol–water partition coefficient (Wildman–Crippen LogP) is 1.87. The lowest BCUT2D eigenvalue weighted by atomic mass is 9.98. The molecule has 0 radical (unpaired) electrons. The minimum absolute atomic E-state index is 0.244. The van der Waals surface area contributed by atoms with Crippen molar-refractivity contribution in [2.45, 2.75) is 44.9 Å². The van der Waals surface area contributed by atoms with E-state index in [1.807, 2.05) is 0 Å². The van der Waals surface area contributed by atoms with Crippen LogP contribution < -0.4 is 5.43 Å². The van der Waals surface area contributed by atoms with E-state index in [9.17, 15) is 4.79 Å². The number of aromatic nitrogens is 3. The zero-order chi connectivity index (χ0) is 14.9. The highest BCUT2D eigenvalue weighted by Gasteiger charge is 2.22. The molecule has 0 atom stereocenters. The summed E-state index contributed by atoms with van der Waals surface area (Å²) in [5.41, 5.74) is 8.82. The Morgan fingerprint density at radius 2 is 2.05 bits per heavy atom. The van der Waals surface area contributed by atoms with E-state index in [1.165, 1.54) is 24.1 Å². The van der Waals surface area contributed by atoms with Gasteiger partial charge >= 0.3 is 0 Å². The molecule has 2 aliphatic rings. The summed E-state index contributed by atoms with van der Waals surface area (Å²) in [5, 5.41) is 11.1. The first-order valence-corrected chi connectivity index (χ1v) is 7.91. The highest BCUT2D eigenvalue weighted by atomic mass is 16.2. The Bertz CT molecular complexity index is 716. The van der Waals surface area contributed by atoms with Crippen molar-refractivity contribution in [1.82, 2.24) is 20.6 Å². The molecule has 2 aliphatic carbocycles. The Labute approximate surface area is 128 Å². The quantitative estimate of drug-likeness (QED) is 0.596. The summed E-state index contributed by atoms with van der Waals surface area (Å²) in [6, 6.07) is 2.12. The van der Waals surface area contributed by atoms with Crippen LogP contribution in [0.3, 0.4) is 0 Å². The number of rotatable bonds is 3. The molecule has 0 aromatic carbocycles. The average molecular weight is 297 g/mol. The van der Waals surface area contributed by atoms with Gasteiger partial charge in [0.25, 0.3) is 5.91 Å². The molecular weight excluding hydrogens is 278 g/mol. The Kier molecular flexibility index (Phi) is 3.29. The zero-order valence-electron chi connectivity index (χ0n) is 12.4. The third-order valence-corrected chi connectivity index (χ3v) is 4.53. The molecule has 1 amide bonds. The number of hydrazone groups is 1. The van der Waals surface area contributed by atoms with Crippen LogP contribution in [0.25, 0.3) is 0 Å². The molecule has 114 valence electrons. The van der Waals surface area contributed by atoms with Crippen LogP contribution >= 0.6 is 0 Å². The molecule has 6 heteroatoms. The van der Waals surface area contributed by atoms with Crippen molar-refractivity contribution < 1.29 is 4.79 Å². The standard InChI is InChI=1S/C16H19N5O/c22-16(15-12-5-3-7-14(12)19-20-15)21-17-9-11-8-10-4-1-2-6-13(10)18-11/h8-9,18H,1-7H2,(H,19,20)(H,21,22)/b17-9+. The summed E-state index contributed by atoms with van der Waals surface area (Å²) >= 11 is 0. The Hall–Kier alpha value is -2.37. The summed E-state index contributed by atoms with van der Waals surface area (Å²) in [7, 11) is 0. The van der Waals surface area contributed by atoms with Crippen molar-refractivity contribution in [1.29, 1.82) is 0 Å². The van der Waals surface area contributed by atoms with Gasteiger partial charge in [-0.1, -0.05) is 0 Å². The molecule has 0 bridgehead atoms. The third-order valence-electron chi connectivity index (χ3n) is 4.53. The van der Waals surface area contributed by atoms with Gasteiger partial charge in [0.2, 0.25) is 0 Å². The molecule has 0 unspecified atom stereocenters. The summed E-state index contributed by atoms with van der Waals surface area (Å²) in [6.45, 7) is 0. The van der Waals surface area contributed by atoms with E-state index in [0.717, 1.165) is 49.1 Å². The Balaban J connectivity index is 1.43. The van der Waals surface area contributed by atoms with Crippen LogP contribution in [0, 0.1) is 0 Å². The van der Waals surface area contributed by atoms with Gasteiger partial charge in [-0.05, 0) is 56.6 Å². The Morgan fingerprint density at radius 1 is 1.18 bits per heavy atom. The second-order valence-electron chi connectivity index (χ2n) is 6.02. The van der Waals surface area contributed by atoms with Gasteiger partial charge in [0.15, 0.2) is 5.69 Å². The first-order chi connectivity index (χ1) is 10.8. The van der Waals surface area contributed by atoms with E-state index >= 15 is 0 Å². The first-order valence-electron chi connectivity index (χ1n) is 7.91. The van der Waals surface area contributed by atoms with Gasteiger partial charge in [0.05, 0.1) is 11.9 Å². The molecule has 0 spiro atoms. The van der Waals surface area contributed by atoms with Crippen molar-refractivity contribution in [3.05, 3.63) is 40.0 Å². The molecule has 0 fully saturated rings. The summed E-state index contributed by atoms with van der Waals surface area (Å²) < 4.78 is 0. The maximum Gasteiger partial charge on any atom is 0.292 e. The number of hydrogen-bond acceptors (Lipinski definition) is 3. The predicted molar refractivity (Wildman–Crippen MR) is 83.1 cm³/mol. The fourth-order valence-electron chi connectivity index (χ4n) is 3.42. The number of fused-ring (bicyclic) bond motifs is 2. The zero-order valence-corrected chi connectivity index (χ0v) is 12.4.